The molecule has 1 aromatic heterocycles. The first kappa shape index (κ1) is 22.9. The highest BCUT2D eigenvalue weighted by Gasteiger charge is 2.39. The lowest BCUT2D eigenvalue weighted by atomic mass is 9.84. The van der Waals surface area contributed by atoms with Crippen LogP contribution in [0, 0.1) is 0 Å². The molecule has 3 heterocycles. The van der Waals surface area contributed by atoms with Gasteiger partial charge in [-0.3, -0.25) is 4.90 Å². The number of piperidine rings is 2. The van der Waals surface area contributed by atoms with Gasteiger partial charge in [0, 0.05) is 23.5 Å². The average molecular weight is 506 g/mol. The summed E-state index contributed by atoms with van der Waals surface area (Å²) in [7, 11) is 2.25. The predicted octanol–water partition coefficient (Wildman–Crippen LogP) is 3.37. The molecule has 3 rings (SSSR count). The summed E-state index contributed by atoms with van der Waals surface area (Å²) in [4.78, 5) is 11.4. The first-order chi connectivity index (χ1) is 12.7. The Kier molecular flexibility index (Phi) is 9.82. The third kappa shape index (κ3) is 6.58. The van der Waals surface area contributed by atoms with Crippen LogP contribution in [0.1, 0.15) is 43.9 Å². The maximum absolute atomic E-state index is 4.81. The molecule has 2 saturated heterocycles. The zero-order valence-electron chi connectivity index (χ0n) is 16.9. The van der Waals surface area contributed by atoms with Crippen molar-refractivity contribution in [3.63, 3.8) is 0 Å². The number of hydrogen-bond acceptors (Lipinski definition) is 4. The third-order valence-corrected chi connectivity index (χ3v) is 6.71. The Labute approximate surface area is 186 Å². The van der Waals surface area contributed by atoms with Gasteiger partial charge >= 0.3 is 0 Å². The van der Waals surface area contributed by atoms with Crippen molar-refractivity contribution in [1.82, 2.24) is 20.4 Å². The number of halogens is 1. The fourth-order valence-corrected chi connectivity index (χ4v) is 4.79. The second-order valence-corrected chi connectivity index (χ2v) is 8.74. The number of rotatable bonds is 6. The maximum atomic E-state index is 4.81. The predicted molar refractivity (Wildman–Crippen MR) is 127 cm³/mol. The molecule has 1 aromatic rings. The summed E-state index contributed by atoms with van der Waals surface area (Å²) >= 11 is 1.77. The lowest BCUT2D eigenvalue weighted by Gasteiger charge is -2.50. The molecule has 0 radical (unpaired) electrons. The van der Waals surface area contributed by atoms with Crippen LogP contribution in [0.25, 0.3) is 0 Å². The average Bonchev–Trinajstić information content (AvgIpc) is 3.20. The first-order valence-electron chi connectivity index (χ1n) is 10.2. The highest BCUT2D eigenvalue weighted by atomic mass is 127. The van der Waals surface area contributed by atoms with E-state index in [0.717, 1.165) is 25.6 Å². The molecule has 2 N–H and O–H groups in total. The van der Waals surface area contributed by atoms with E-state index in [-0.39, 0.29) is 29.5 Å². The highest BCUT2D eigenvalue weighted by Crippen LogP contribution is 2.30. The molecule has 0 aliphatic carbocycles. The van der Waals surface area contributed by atoms with Crippen LogP contribution in [0.4, 0.5) is 0 Å². The molecule has 0 unspecified atom stereocenters. The van der Waals surface area contributed by atoms with Crippen molar-refractivity contribution in [3.05, 3.63) is 22.4 Å². The van der Waals surface area contributed by atoms with Gasteiger partial charge in [-0.1, -0.05) is 12.5 Å². The summed E-state index contributed by atoms with van der Waals surface area (Å²) in [6, 6.07) is 4.25. The number of aliphatic imine (C=N–C) groups is 1. The zero-order valence-corrected chi connectivity index (χ0v) is 20.0. The number of thiophene rings is 1. The van der Waals surface area contributed by atoms with E-state index in [0.29, 0.717) is 0 Å². The Morgan fingerprint density at radius 3 is 2.52 bits per heavy atom. The summed E-state index contributed by atoms with van der Waals surface area (Å²) in [5, 5.41) is 9.24. The van der Waals surface area contributed by atoms with Gasteiger partial charge in [-0.25, -0.2) is 4.99 Å². The summed E-state index contributed by atoms with van der Waals surface area (Å²) < 4.78 is 0. The minimum Gasteiger partial charge on any atom is -0.357 e. The van der Waals surface area contributed by atoms with E-state index in [1.807, 2.05) is 0 Å². The molecular formula is C20H36IN5S. The smallest absolute Gasteiger partial charge is 0.191 e. The quantitative estimate of drug-likeness (QED) is 0.354. The van der Waals surface area contributed by atoms with Crippen molar-refractivity contribution in [2.24, 2.45) is 4.99 Å². The number of likely N-dealkylation sites (tertiary alicyclic amines) is 2. The molecule has 2 aliphatic rings. The molecular weight excluding hydrogens is 469 g/mol. The zero-order chi connectivity index (χ0) is 18.2. The molecule has 7 heteroatoms. The van der Waals surface area contributed by atoms with Crippen LogP contribution >= 0.6 is 35.3 Å². The second-order valence-electron chi connectivity index (χ2n) is 7.70. The minimum atomic E-state index is 0. The van der Waals surface area contributed by atoms with Gasteiger partial charge in [0.2, 0.25) is 0 Å². The van der Waals surface area contributed by atoms with Crippen molar-refractivity contribution in [1.29, 1.82) is 0 Å². The third-order valence-electron chi connectivity index (χ3n) is 5.85. The van der Waals surface area contributed by atoms with Gasteiger partial charge in [0.1, 0.15) is 0 Å². The number of guanidine groups is 1. The molecule has 2 fully saturated rings. The van der Waals surface area contributed by atoms with Crippen molar-refractivity contribution >= 4 is 41.3 Å². The number of nitrogens with one attached hydrogen (secondary N) is 2. The summed E-state index contributed by atoms with van der Waals surface area (Å²) in [6.45, 7) is 9.70. The summed E-state index contributed by atoms with van der Waals surface area (Å²) in [5.74, 6) is 0.955. The monoisotopic (exact) mass is 505 g/mol. The van der Waals surface area contributed by atoms with Crippen molar-refractivity contribution in [2.75, 3.05) is 46.3 Å². The van der Waals surface area contributed by atoms with Gasteiger partial charge in [0.25, 0.3) is 0 Å². The lowest BCUT2D eigenvalue weighted by molar-refractivity contribution is 0.0173. The number of hydrogen-bond donors (Lipinski definition) is 2. The maximum Gasteiger partial charge on any atom is 0.191 e. The Morgan fingerprint density at radius 2 is 1.89 bits per heavy atom. The van der Waals surface area contributed by atoms with Crippen molar-refractivity contribution in [2.45, 2.75) is 51.1 Å². The van der Waals surface area contributed by atoms with Crippen LogP contribution < -0.4 is 10.6 Å². The molecule has 0 aromatic carbocycles. The Bertz CT molecular complexity index is 549. The standard InChI is InChI=1S/C20H35N5S.HI/c1-3-21-19(22-16-18-8-7-15-26-18)23-17-20(9-13-24(2)14-10-20)25-11-5-4-6-12-25;/h7-8,15H,3-6,9-14,16-17H2,1-2H3,(H2,21,22,23);1H. The second kappa shape index (κ2) is 11.6. The molecule has 0 bridgehead atoms. The Hall–Kier alpha value is -0.380. The topological polar surface area (TPSA) is 42.9 Å². The first-order valence-corrected chi connectivity index (χ1v) is 11.1. The van der Waals surface area contributed by atoms with E-state index >= 15 is 0 Å². The molecule has 5 nitrogen and oxygen atoms in total. The van der Waals surface area contributed by atoms with Crippen molar-refractivity contribution < 1.29 is 0 Å². The van der Waals surface area contributed by atoms with E-state index in [1.165, 1.54) is 63.2 Å². The van der Waals surface area contributed by atoms with Crippen LogP contribution in [0.3, 0.4) is 0 Å². The largest absolute Gasteiger partial charge is 0.357 e. The fourth-order valence-electron chi connectivity index (χ4n) is 4.16. The molecule has 0 amide bonds. The van der Waals surface area contributed by atoms with Crippen LogP contribution in [0.2, 0.25) is 0 Å². The molecule has 2 aliphatic heterocycles. The summed E-state index contributed by atoms with van der Waals surface area (Å²) in [5.41, 5.74) is 0.284. The SMILES string of the molecule is CCNC(=NCc1cccs1)NCC1(N2CCCCC2)CCN(C)CC1.I. The lowest BCUT2D eigenvalue weighted by Crippen LogP contribution is -2.62. The number of nitrogens with zero attached hydrogens (tertiary/aromatic N) is 3. The van der Waals surface area contributed by atoms with Crippen LogP contribution in [-0.2, 0) is 6.54 Å². The molecule has 0 atom stereocenters. The van der Waals surface area contributed by atoms with E-state index in [4.69, 9.17) is 4.99 Å². The molecule has 0 spiro atoms. The van der Waals surface area contributed by atoms with Crippen LogP contribution in [-0.4, -0.2) is 67.6 Å². The van der Waals surface area contributed by atoms with Gasteiger partial charge < -0.3 is 15.5 Å². The highest BCUT2D eigenvalue weighted by molar-refractivity contribution is 14.0. The van der Waals surface area contributed by atoms with E-state index in [9.17, 15) is 0 Å². The van der Waals surface area contributed by atoms with E-state index < -0.39 is 0 Å². The van der Waals surface area contributed by atoms with Gasteiger partial charge in [-0.15, -0.1) is 35.3 Å². The fraction of sp³-hybridized carbons (Fsp3) is 0.750. The minimum absolute atomic E-state index is 0. The van der Waals surface area contributed by atoms with Crippen LogP contribution in [0.15, 0.2) is 22.5 Å². The molecule has 0 saturated carbocycles. The van der Waals surface area contributed by atoms with Gasteiger partial charge in [-0.05, 0) is 77.3 Å². The molecule has 154 valence electrons. The van der Waals surface area contributed by atoms with Crippen molar-refractivity contribution in [3.8, 4) is 0 Å². The van der Waals surface area contributed by atoms with E-state index in [1.54, 1.807) is 11.3 Å². The summed E-state index contributed by atoms with van der Waals surface area (Å²) in [6.07, 6.45) is 6.60. The molecule has 27 heavy (non-hydrogen) atoms. The van der Waals surface area contributed by atoms with Gasteiger partial charge in [0.15, 0.2) is 5.96 Å². The van der Waals surface area contributed by atoms with Gasteiger partial charge in [-0.2, -0.15) is 0 Å². The van der Waals surface area contributed by atoms with Crippen LogP contribution in [0.5, 0.6) is 0 Å². The Balaban J connectivity index is 0.00000261. The normalized spacial score (nSPS) is 21.5. The van der Waals surface area contributed by atoms with Gasteiger partial charge in [0.05, 0.1) is 6.54 Å². The Morgan fingerprint density at radius 1 is 1.15 bits per heavy atom. The van der Waals surface area contributed by atoms with E-state index in [2.05, 4.69) is 51.9 Å².